The summed E-state index contributed by atoms with van der Waals surface area (Å²) in [5.41, 5.74) is 3.45. The van der Waals surface area contributed by atoms with Gasteiger partial charge in [-0.15, -0.1) is 0 Å². The number of amides is 1. The van der Waals surface area contributed by atoms with Crippen molar-refractivity contribution in [3.63, 3.8) is 0 Å². The molecule has 0 spiro atoms. The van der Waals surface area contributed by atoms with Gasteiger partial charge in [0, 0.05) is 43.4 Å². The van der Waals surface area contributed by atoms with Gasteiger partial charge in [0.2, 0.25) is 5.91 Å². The summed E-state index contributed by atoms with van der Waals surface area (Å²) >= 11 is 0. The minimum atomic E-state index is 0.110. The molecule has 0 aliphatic rings. The standard InChI is InChI=1S/C15H28N4O/c1-7-10(2)17-14(20)8-9-16-11(3)15-12(4)18-19(6)13(15)5/h10-11,16H,7-9H2,1-6H3,(H,17,20). The number of aromatic nitrogens is 2. The molecular weight excluding hydrogens is 252 g/mol. The lowest BCUT2D eigenvalue weighted by atomic mass is 10.1. The molecule has 1 rings (SSSR count). The molecule has 0 bridgehead atoms. The lowest BCUT2D eigenvalue weighted by Crippen LogP contribution is -2.34. The lowest BCUT2D eigenvalue weighted by molar-refractivity contribution is -0.121. The number of carbonyl (C=O) groups excluding carboxylic acids is 1. The van der Waals surface area contributed by atoms with Crippen LogP contribution >= 0.6 is 0 Å². The summed E-state index contributed by atoms with van der Waals surface area (Å²) in [4.78, 5) is 11.7. The number of carbonyl (C=O) groups is 1. The Labute approximate surface area is 122 Å². The molecule has 0 aliphatic carbocycles. The van der Waals surface area contributed by atoms with E-state index in [4.69, 9.17) is 0 Å². The quantitative estimate of drug-likeness (QED) is 0.803. The van der Waals surface area contributed by atoms with Crippen LogP contribution in [-0.4, -0.2) is 28.3 Å². The predicted octanol–water partition coefficient (Wildman–Crippen LogP) is 1.99. The molecule has 0 saturated carbocycles. The van der Waals surface area contributed by atoms with Gasteiger partial charge in [0.05, 0.1) is 5.69 Å². The first-order chi connectivity index (χ1) is 9.36. The molecule has 0 saturated heterocycles. The van der Waals surface area contributed by atoms with E-state index in [1.165, 1.54) is 11.3 Å². The molecule has 2 atom stereocenters. The van der Waals surface area contributed by atoms with E-state index >= 15 is 0 Å². The number of hydrogen-bond donors (Lipinski definition) is 2. The maximum Gasteiger partial charge on any atom is 0.221 e. The van der Waals surface area contributed by atoms with Crippen LogP contribution in [0.1, 0.15) is 56.6 Å². The highest BCUT2D eigenvalue weighted by atomic mass is 16.1. The maximum atomic E-state index is 11.7. The SMILES string of the molecule is CCC(C)NC(=O)CCNC(C)c1c(C)nn(C)c1C. The third-order valence-electron chi connectivity index (χ3n) is 3.82. The molecule has 2 unspecified atom stereocenters. The summed E-state index contributed by atoms with van der Waals surface area (Å²) < 4.78 is 1.90. The van der Waals surface area contributed by atoms with Crippen LogP contribution in [0.25, 0.3) is 0 Å². The van der Waals surface area contributed by atoms with Crippen LogP contribution in [0.3, 0.4) is 0 Å². The van der Waals surface area contributed by atoms with E-state index < -0.39 is 0 Å². The molecule has 114 valence electrons. The number of nitrogens with one attached hydrogen (secondary N) is 2. The van der Waals surface area contributed by atoms with Crippen molar-refractivity contribution < 1.29 is 4.79 Å². The van der Waals surface area contributed by atoms with Crippen LogP contribution < -0.4 is 10.6 Å². The molecule has 1 amide bonds. The van der Waals surface area contributed by atoms with Crippen molar-refractivity contribution in [1.29, 1.82) is 0 Å². The van der Waals surface area contributed by atoms with Crippen molar-refractivity contribution in [3.8, 4) is 0 Å². The molecule has 0 fully saturated rings. The fourth-order valence-corrected chi connectivity index (χ4v) is 2.37. The Balaban J connectivity index is 2.44. The zero-order valence-corrected chi connectivity index (χ0v) is 13.6. The Kier molecular flexibility index (Phi) is 6.20. The Bertz CT molecular complexity index is 453. The number of rotatable bonds is 7. The number of hydrogen-bond acceptors (Lipinski definition) is 3. The van der Waals surface area contributed by atoms with Gasteiger partial charge in [-0.2, -0.15) is 5.10 Å². The molecule has 20 heavy (non-hydrogen) atoms. The number of aryl methyl sites for hydroxylation is 2. The second-order valence-electron chi connectivity index (χ2n) is 5.51. The fraction of sp³-hybridized carbons (Fsp3) is 0.733. The lowest BCUT2D eigenvalue weighted by Gasteiger charge is -2.16. The zero-order valence-electron chi connectivity index (χ0n) is 13.6. The van der Waals surface area contributed by atoms with Gasteiger partial charge in [-0.05, 0) is 34.1 Å². The Morgan fingerprint density at radius 1 is 1.35 bits per heavy atom. The van der Waals surface area contributed by atoms with E-state index in [0.29, 0.717) is 13.0 Å². The van der Waals surface area contributed by atoms with E-state index in [1.54, 1.807) is 0 Å². The van der Waals surface area contributed by atoms with Gasteiger partial charge < -0.3 is 10.6 Å². The van der Waals surface area contributed by atoms with E-state index in [9.17, 15) is 4.79 Å². The minimum Gasteiger partial charge on any atom is -0.354 e. The highest BCUT2D eigenvalue weighted by Crippen LogP contribution is 2.20. The van der Waals surface area contributed by atoms with Crippen LogP contribution in [-0.2, 0) is 11.8 Å². The van der Waals surface area contributed by atoms with E-state index in [-0.39, 0.29) is 18.0 Å². The van der Waals surface area contributed by atoms with Crippen LogP contribution in [0.5, 0.6) is 0 Å². The molecular formula is C15H28N4O. The van der Waals surface area contributed by atoms with Gasteiger partial charge in [0.1, 0.15) is 0 Å². The first-order valence-electron chi connectivity index (χ1n) is 7.39. The van der Waals surface area contributed by atoms with Gasteiger partial charge in [-0.1, -0.05) is 6.92 Å². The second-order valence-corrected chi connectivity index (χ2v) is 5.51. The Morgan fingerprint density at radius 3 is 2.50 bits per heavy atom. The monoisotopic (exact) mass is 280 g/mol. The molecule has 0 aromatic carbocycles. The molecule has 0 aliphatic heterocycles. The fourth-order valence-electron chi connectivity index (χ4n) is 2.37. The summed E-state index contributed by atoms with van der Waals surface area (Å²) in [5.74, 6) is 0.110. The molecule has 5 nitrogen and oxygen atoms in total. The van der Waals surface area contributed by atoms with Crippen LogP contribution in [0.15, 0.2) is 0 Å². The normalized spacial score (nSPS) is 14.1. The summed E-state index contributed by atoms with van der Waals surface area (Å²) in [6.07, 6.45) is 1.47. The molecule has 1 heterocycles. The first-order valence-corrected chi connectivity index (χ1v) is 7.39. The van der Waals surface area contributed by atoms with Crippen molar-refractivity contribution in [2.75, 3.05) is 6.54 Å². The zero-order chi connectivity index (χ0) is 15.3. The summed E-state index contributed by atoms with van der Waals surface area (Å²) in [6, 6.07) is 0.461. The summed E-state index contributed by atoms with van der Waals surface area (Å²) in [6.45, 7) is 11.0. The van der Waals surface area contributed by atoms with Crippen molar-refractivity contribution >= 4 is 5.91 Å². The van der Waals surface area contributed by atoms with Crippen molar-refractivity contribution in [2.45, 2.75) is 59.5 Å². The molecule has 0 radical (unpaired) electrons. The Hall–Kier alpha value is -1.36. The second kappa shape index (κ2) is 7.43. The molecule has 2 N–H and O–H groups in total. The van der Waals surface area contributed by atoms with E-state index in [2.05, 4.69) is 36.5 Å². The third kappa shape index (κ3) is 4.34. The van der Waals surface area contributed by atoms with Gasteiger partial charge in [-0.3, -0.25) is 9.48 Å². The van der Waals surface area contributed by atoms with Crippen molar-refractivity contribution in [3.05, 3.63) is 17.0 Å². The molecule has 1 aromatic rings. The van der Waals surface area contributed by atoms with Crippen LogP contribution in [0.4, 0.5) is 0 Å². The molecule has 5 heteroatoms. The number of nitrogens with zero attached hydrogens (tertiary/aromatic N) is 2. The first kappa shape index (κ1) is 16.7. The van der Waals surface area contributed by atoms with E-state index in [0.717, 1.165) is 12.1 Å². The van der Waals surface area contributed by atoms with Gasteiger partial charge >= 0.3 is 0 Å². The average molecular weight is 280 g/mol. The van der Waals surface area contributed by atoms with E-state index in [1.807, 2.05) is 25.6 Å². The van der Waals surface area contributed by atoms with Gasteiger partial charge in [0.25, 0.3) is 0 Å². The van der Waals surface area contributed by atoms with Crippen molar-refractivity contribution in [2.24, 2.45) is 7.05 Å². The topological polar surface area (TPSA) is 59.0 Å². The predicted molar refractivity (Wildman–Crippen MR) is 81.6 cm³/mol. The minimum absolute atomic E-state index is 0.110. The average Bonchev–Trinajstić information content (AvgIpc) is 2.62. The summed E-state index contributed by atoms with van der Waals surface area (Å²) in [7, 11) is 1.96. The summed E-state index contributed by atoms with van der Waals surface area (Å²) in [5, 5.41) is 10.8. The van der Waals surface area contributed by atoms with Crippen LogP contribution in [0.2, 0.25) is 0 Å². The maximum absolute atomic E-state index is 11.7. The van der Waals surface area contributed by atoms with Crippen LogP contribution in [0, 0.1) is 13.8 Å². The highest BCUT2D eigenvalue weighted by molar-refractivity contribution is 5.76. The highest BCUT2D eigenvalue weighted by Gasteiger charge is 2.16. The van der Waals surface area contributed by atoms with Gasteiger partial charge in [0.15, 0.2) is 0 Å². The Morgan fingerprint density at radius 2 is 2.00 bits per heavy atom. The van der Waals surface area contributed by atoms with Gasteiger partial charge in [-0.25, -0.2) is 0 Å². The smallest absolute Gasteiger partial charge is 0.221 e. The molecule has 1 aromatic heterocycles. The third-order valence-corrected chi connectivity index (χ3v) is 3.82. The van der Waals surface area contributed by atoms with Crippen molar-refractivity contribution in [1.82, 2.24) is 20.4 Å². The largest absolute Gasteiger partial charge is 0.354 e.